The van der Waals surface area contributed by atoms with Crippen LogP contribution in [0.4, 0.5) is 0 Å². The van der Waals surface area contributed by atoms with E-state index in [0.29, 0.717) is 19.3 Å². The van der Waals surface area contributed by atoms with Crippen LogP contribution >= 0.6 is 11.6 Å². The Bertz CT molecular complexity index is 909. The number of ether oxygens (including phenoxy) is 1. The minimum atomic E-state index is -0.567. The number of halogens is 1. The molecular weight excluding hydrogens is 448 g/mol. The highest BCUT2D eigenvalue weighted by Gasteiger charge is 2.41. The molecule has 1 unspecified atom stereocenters. The number of hydrogen-bond acceptors (Lipinski definition) is 4. The van der Waals surface area contributed by atoms with Crippen molar-refractivity contribution in [3.05, 3.63) is 83.4 Å². The molecule has 0 aliphatic heterocycles. The highest BCUT2D eigenvalue weighted by molar-refractivity contribution is 6.21. The van der Waals surface area contributed by atoms with E-state index in [1.165, 1.54) is 0 Å². The van der Waals surface area contributed by atoms with Crippen LogP contribution in [0.2, 0.25) is 0 Å². The van der Waals surface area contributed by atoms with Crippen molar-refractivity contribution in [3.63, 3.8) is 0 Å². The van der Waals surface area contributed by atoms with Crippen LogP contribution in [-0.2, 0) is 16.0 Å². The van der Waals surface area contributed by atoms with E-state index in [2.05, 4.69) is 12.2 Å². The number of alkyl halides is 1. The molecule has 0 amide bonds. The Balaban J connectivity index is 1.55. The van der Waals surface area contributed by atoms with E-state index < -0.39 is 12.2 Å². The third-order valence-corrected chi connectivity index (χ3v) is 6.98. The second kappa shape index (κ2) is 13.1. The Morgan fingerprint density at radius 2 is 1.82 bits per heavy atom. The molecule has 0 radical (unpaired) electrons. The molecule has 4 nitrogen and oxygen atoms in total. The van der Waals surface area contributed by atoms with Crippen LogP contribution in [0.25, 0.3) is 0 Å². The molecule has 2 aromatic rings. The predicted octanol–water partition coefficient (Wildman–Crippen LogP) is 6.10. The molecule has 0 aromatic heterocycles. The molecule has 0 saturated heterocycles. The standard InChI is InChI=1S/C29H37ClO4/c1-20(2)34-28(33)13-9-4-3-8-12-24-25(30)19-27(32)29(24)23-16-14-22(15-17-23)26(31)18-21-10-6-5-7-11-21/h3,5-8,10-11,14-17,20,24-27,29,31-32H,4,9,12-13,18-19H2,1-2H3/b8-3-/t24-,25+,26?,27+,29+/m0/s1. The Morgan fingerprint density at radius 1 is 1.12 bits per heavy atom. The van der Waals surface area contributed by atoms with E-state index in [4.69, 9.17) is 16.3 Å². The minimum absolute atomic E-state index is 0.0338. The van der Waals surface area contributed by atoms with E-state index in [9.17, 15) is 15.0 Å². The fourth-order valence-electron chi connectivity index (χ4n) is 4.78. The lowest BCUT2D eigenvalue weighted by molar-refractivity contribution is -0.147. The van der Waals surface area contributed by atoms with Crippen molar-refractivity contribution in [1.82, 2.24) is 0 Å². The minimum Gasteiger partial charge on any atom is -0.463 e. The first-order valence-electron chi connectivity index (χ1n) is 12.3. The summed E-state index contributed by atoms with van der Waals surface area (Å²) in [7, 11) is 0. The average molecular weight is 485 g/mol. The lowest BCUT2D eigenvalue weighted by Gasteiger charge is -2.23. The van der Waals surface area contributed by atoms with Gasteiger partial charge >= 0.3 is 5.97 Å². The number of aliphatic hydroxyl groups is 2. The number of aliphatic hydroxyl groups excluding tert-OH is 2. The fourth-order valence-corrected chi connectivity index (χ4v) is 5.22. The largest absolute Gasteiger partial charge is 0.463 e. The van der Waals surface area contributed by atoms with E-state index in [1.807, 2.05) is 68.4 Å². The van der Waals surface area contributed by atoms with Gasteiger partial charge < -0.3 is 14.9 Å². The summed E-state index contributed by atoms with van der Waals surface area (Å²) in [5.41, 5.74) is 3.02. The maximum Gasteiger partial charge on any atom is 0.306 e. The molecule has 0 bridgehead atoms. The zero-order chi connectivity index (χ0) is 24.5. The van der Waals surface area contributed by atoms with E-state index >= 15 is 0 Å². The van der Waals surface area contributed by atoms with Crippen LogP contribution < -0.4 is 0 Å². The van der Waals surface area contributed by atoms with E-state index in [0.717, 1.165) is 36.0 Å². The van der Waals surface area contributed by atoms with Gasteiger partial charge in [-0.15, -0.1) is 11.6 Å². The van der Waals surface area contributed by atoms with Gasteiger partial charge in [0.1, 0.15) is 0 Å². The SMILES string of the molecule is CC(C)OC(=O)CCC/C=C\C[C@@H]1[C@@H](c2ccc(C(O)Cc3ccccc3)cc2)[C@H](O)C[C@H]1Cl. The van der Waals surface area contributed by atoms with Crippen molar-refractivity contribution >= 4 is 17.6 Å². The summed E-state index contributed by atoms with van der Waals surface area (Å²) in [4.78, 5) is 11.6. The normalized spacial score (nSPS) is 23.5. The van der Waals surface area contributed by atoms with Crippen LogP contribution in [0, 0.1) is 5.92 Å². The Hall–Kier alpha value is -2.14. The van der Waals surface area contributed by atoms with Crippen LogP contribution in [0.5, 0.6) is 0 Å². The maximum atomic E-state index is 11.6. The molecule has 1 saturated carbocycles. The summed E-state index contributed by atoms with van der Waals surface area (Å²) >= 11 is 6.62. The van der Waals surface area contributed by atoms with Crippen molar-refractivity contribution in [2.45, 2.75) is 82.0 Å². The van der Waals surface area contributed by atoms with Crippen LogP contribution in [0.1, 0.15) is 74.7 Å². The van der Waals surface area contributed by atoms with Crippen molar-refractivity contribution in [3.8, 4) is 0 Å². The number of unbranched alkanes of at least 4 members (excludes halogenated alkanes) is 1. The molecule has 0 spiro atoms. The maximum absolute atomic E-state index is 11.6. The summed E-state index contributed by atoms with van der Waals surface area (Å²) in [6.45, 7) is 3.71. The van der Waals surface area contributed by atoms with Gasteiger partial charge in [0, 0.05) is 24.1 Å². The smallest absolute Gasteiger partial charge is 0.306 e. The van der Waals surface area contributed by atoms with Gasteiger partial charge in [-0.1, -0.05) is 66.7 Å². The molecule has 1 aliphatic carbocycles. The lowest BCUT2D eigenvalue weighted by Crippen LogP contribution is -2.18. The third kappa shape index (κ3) is 7.69. The van der Waals surface area contributed by atoms with E-state index in [1.54, 1.807) is 0 Å². The van der Waals surface area contributed by atoms with Crippen LogP contribution in [0.3, 0.4) is 0 Å². The second-order valence-electron chi connectivity index (χ2n) is 9.52. The number of carbonyl (C=O) groups is 1. The van der Waals surface area contributed by atoms with Gasteiger partial charge in [0.2, 0.25) is 0 Å². The number of carbonyl (C=O) groups excluding carboxylic acids is 1. The van der Waals surface area contributed by atoms with Crippen molar-refractivity contribution in [2.24, 2.45) is 5.92 Å². The number of hydrogen-bond donors (Lipinski definition) is 2. The van der Waals surface area contributed by atoms with Crippen molar-refractivity contribution in [1.29, 1.82) is 0 Å². The Morgan fingerprint density at radius 3 is 2.50 bits per heavy atom. The van der Waals surface area contributed by atoms with Crippen molar-refractivity contribution in [2.75, 3.05) is 0 Å². The zero-order valence-electron chi connectivity index (χ0n) is 20.1. The second-order valence-corrected chi connectivity index (χ2v) is 10.1. The zero-order valence-corrected chi connectivity index (χ0v) is 20.9. The van der Waals surface area contributed by atoms with Gasteiger partial charge in [0.05, 0.1) is 18.3 Å². The summed E-state index contributed by atoms with van der Waals surface area (Å²) < 4.78 is 5.16. The van der Waals surface area contributed by atoms with Gasteiger partial charge in [-0.3, -0.25) is 4.79 Å². The number of allylic oxidation sites excluding steroid dienone is 2. The monoisotopic (exact) mass is 484 g/mol. The summed E-state index contributed by atoms with van der Waals surface area (Å²) in [5.74, 6) is -0.0482. The molecule has 184 valence electrons. The molecule has 5 heteroatoms. The van der Waals surface area contributed by atoms with Gasteiger partial charge in [0.25, 0.3) is 0 Å². The van der Waals surface area contributed by atoms with Gasteiger partial charge in [-0.25, -0.2) is 0 Å². The fraction of sp³-hybridized carbons (Fsp3) is 0.483. The molecular formula is C29H37ClO4. The summed E-state index contributed by atoms with van der Waals surface area (Å²) in [6.07, 6.45) is 7.02. The molecule has 1 fully saturated rings. The molecule has 2 N–H and O–H groups in total. The first kappa shape index (κ1) is 26.5. The molecule has 0 heterocycles. The quantitative estimate of drug-likeness (QED) is 0.175. The van der Waals surface area contributed by atoms with Crippen LogP contribution in [0.15, 0.2) is 66.7 Å². The average Bonchev–Trinajstić information content (AvgIpc) is 3.09. The Kier molecular flexibility index (Phi) is 10.2. The van der Waals surface area contributed by atoms with E-state index in [-0.39, 0.29) is 29.3 Å². The number of rotatable bonds is 11. The predicted molar refractivity (Wildman–Crippen MR) is 137 cm³/mol. The lowest BCUT2D eigenvalue weighted by atomic mass is 9.84. The van der Waals surface area contributed by atoms with Crippen LogP contribution in [-0.4, -0.2) is 33.8 Å². The Labute approximate surface area is 208 Å². The topological polar surface area (TPSA) is 66.8 Å². The molecule has 2 aromatic carbocycles. The highest BCUT2D eigenvalue weighted by atomic mass is 35.5. The van der Waals surface area contributed by atoms with Gasteiger partial charge in [-0.2, -0.15) is 0 Å². The third-order valence-electron chi connectivity index (χ3n) is 6.48. The number of esters is 1. The molecule has 3 rings (SSSR count). The highest BCUT2D eigenvalue weighted by Crippen LogP contribution is 2.45. The first-order chi connectivity index (χ1) is 16.3. The first-order valence-corrected chi connectivity index (χ1v) is 12.8. The molecule has 1 aliphatic rings. The van der Waals surface area contributed by atoms with Crippen molar-refractivity contribution < 1.29 is 19.7 Å². The molecule has 34 heavy (non-hydrogen) atoms. The molecule has 5 atom stereocenters. The summed E-state index contributed by atoms with van der Waals surface area (Å²) in [5, 5.41) is 21.3. The number of benzene rings is 2. The van der Waals surface area contributed by atoms with Gasteiger partial charge in [0.15, 0.2) is 0 Å². The van der Waals surface area contributed by atoms with Gasteiger partial charge in [-0.05, 0) is 62.1 Å². The summed E-state index contributed by atoms with van der Waals surface area (Å²) in [6, 6.07) is 17.9.